The minimum absolute atomic E-state index is 0.0303. The average molecular weight is 381 g/mol. The summed E-state index contributed by atoms with van der Waals surface area (Å²) in [5, 5.41) is 20.5. The van der Waals surface area contributed by atoms with Gasteiger partial charge in [-0.05, 0) is 32.1 Å². The molecule has 0 aromatic rings. The van der Waals surface area contributed by atoms with Crippen LogP contribution in [-0.2, 0) is 9.47 Å². The number of ether oxygens (including phenoxy) is 2. The first-order chi connectivity index (χ1) is 13.2. The van der Waals surface area contributed by atoms with E-state index < -0.39 is 6.10 Å². The van der Waals surface area contributed by atoms with Gasteiger partial charge in [-0.25, -0.2) is 0 Å². The molecule has 4 heteroatoms. The van der Waals surface area contributed by atoms with Crippen LogP contribution in [0.5, 0.6) is 0 Å². The molecule has 2 saturated heterocycles. The van der Waals surface area contributed by atoms with E-state index in [9.17, 15) is 10.2 Å². The molecule has 156 valence electrons. The van der Waals surface area contributed by atoms with E-state index in [0.717, 1.165) is 38.5 Å². The molecule has 0 saturated carbocycles. The van der Waals surface area contributed by atoms with Gasteiger partial charge in [0.2, 0.25) is 0 Å². The van der Waals surface area contributed by atoms with Crippen LogP contribution in [0.4, 0.5) is 0 Å². The third-order valence-electron chi connectivity index (χ3n) is 6.12. The van der Waals surface area contributed by atoms with Gasteiger partial charge in [-0.15, -0.1) is 12.3 Å². The van der Waals surface area contributed by atoms with Gasteiger partial charge in [0.05, 0.1) is 36.6 Å². The van der Waals surface area contributed by atoms with Crippen molar-refractivity contribution < 1.29 is 19.7 Å². The molecule has 2 rings (SSSR count). The smallest absolute Gasteiger partial charge is 0.0910 e. The molecule has 0 aromatic carbocycles. The SMILES string of the molecule is C#CC[C@@H](O)[C@H]1CC[C@H]([C@H]2CC[C@H]([C@@H](O)CCCCCCCCCC)O2)O1. The highest BCUT2D eigenvalue weighted by Crippen LogP contribution is 2.34. The molecular weight excluding hydrogens is 340 g/mol. The first-order valence-electron chi connectivity index (χ1n) is 11.3. The summed E-state index contributed by atoms with van der Waals surface area (Å²) in [6.45, 7) is 2.25. The molecule has 0 bridgehead atoms. The second-order valence-corrected chi connectivity index (χ2v) is 8.39. The van der Waals surface area contributed by atoms with Crippen molar-refractivity contribution in [1.29, 1.82) is 0 Å². The fourth-order valence-electron chi connectivity index (χ4n) is 4.42. The quantitative estimate of drug-likeness (QED) is 0.368. The van der Waals surface area contributed by atoms with Crippen molar-refractivity contribution in [3.05, 3.63) is 0 Å². The van der Waals surface area contributed by atoms with Crippen LogP contribution in [0.1, 0.15) is 96.8 Å². The molecule has 0 radical (unpaired) electrons. The fraction of sp³-hybridized carbons (Fsp3) is 0.913. The number of aliphatic hydroxyl groups excluding tert-OH is 2. The number of hydrogen-bond acceptors (Lipinski definition) is 4. The van der Waals surface area contributed by atoms with Gasteiger partial charge in [0, 0.05) is 6.42 Å². The normalized spacial score (nSPS) is 30.3. The molecule has 0 aromatic heterocycles. The molecule has 2 aliphatic rings. The monoisotopic (exact) mass is 380 g/mol. The molecule has 4 nitrogen and oxygen atoms in total. The van der Waals surface area contributed by atoms with Crippen LogP contribution in [0, 0.1) is 12.3 Å². The molecule has 2 fully saturated rings. The molecule has 2 heterocycles. The van der Waals surface area contributed by atoms with E-state index in [1.54, 1.807) is 0 Å². The fourth-order valence-corrected chi connectivity index (χ4v) is 4.42. The lowest BCUT2D eigenvalue weighted by atomic mass is 10.0. The Bertz CT molecular complexity index is 433. The Morgan fingerprint density at radius 1 is 0.815 bits per heavy atom. The first-order valence-corrected chi connectivity index (χ1v) is 11.3. The van der Waals surface area contributed by atoms with Gasteiger partial charge in [-0.3, -0.25) is 0 Å². The van der Waals surface area contributed by atoms with E-state index in [4.69, 9.17) is 15.9 Å². The molecule has 0 spiro atoms. The zero-order chi connectivity index (χ0) is 19.5. The lowest BCUT2D eigenvalue weighted by Crippen LogP contribution is -2.33. The van der Waals surface area contributed by atoms with Gasteiger partial charge in [-0.1, -0.05) is 58.3 Å². The highest BCUT2D eigenvalue weighted by Gasteiger charge is 2.40. The van der Waals surface area contributed by atoms with Crippen LogP contribution in [-0.4, -0.2) is 46.8 Å². The summed E-state index contributed by atoms with van der Waals surface area (Å²) in [5.74, 6) is 2.50. The maximum Gasteiger partial charge on any atom is 0.0910 e. The van der Waals surface area contributed by atoms with E-state index in [0.29, 0.717) is 6.42 Å². The van der Waals surface area contributed by atoms with Gasteiger partial charge in [0.15, 0.2) is 0 Å². The predicted molar refractivity (Wildman–Crippen MR) is 108 cm³/mol. The summed E-state index contributed by atoms with van der Waals surface area (Å²) in [4.78, 5) is 0. The Morgan fingerprint density at radius 3 is 1.89 bits per heavy atom. The van der Waals surface area contributed by atoms with Gasteiger partial charge in [-0.2, -0.15) is 0 Å². The Labute approximate surface area is 166 Å². The zero-order valence-electron chi connectivity index (χ0n) is 17.2. The minimum atomic E-state index is -0.579. The molecule has 0 amide bonds. The second kappa shape index (κ2) is 12.8. The number of unbranched alkanes of at least 4 members (excludes halogenated alkanes) is 7. The highest BCUT2D eigenvalue weighted by atomic mass is 16.6. The topological polar surface area (TPSA) is 58.9 Å². The Balaban J connectivity index is 1.57. The highest BCUT2D eigenvalue weighted by molar-refractivity contribution is 4.93. The molecule has 27 heavy (non-hydrogen) atoms. The molecule has 0 aliphatic carbocycles. The van der Waals surface area contributed by atoms with Crippen molar-refractivity contribution in [3.8, 4) is 12.3 Å². The maximum absolute atomic E-state index is 10.5. The number of terminal acetylenes is 1. The summed E-state index contributed by atoms with van der Waals surface area (Å²) in [6.07, 6.45) is 19.2. The van der Waals surface area contributed by atoms with Crippen LogP contribution >= 0.6 is 0 Å². The van der Waals surface area contributed by atoms with Crippen LogP contribution in [0.25, 0.3) is 0 Å². The summed E-state index contributed by atoms with van der Waals surface area (Å²) in [6, 6.07) is 0. The van der Waals surface area contributed by atoms with Crippen LogP contribution in [0.15, 0.2) is 0 Å². The summed E-state index contributed by atoms with van der Waals surface area (Å²) < 4.78 is 12.1. The van der Waals surface area contributed by atoms with Crippen LogP contribution in [0.2, 0.25) is 0 Å². The number of aliphatic hydroxyl groups is 2. The Kier molecular flexibility index (Phi) is 10.7. The maximum atomic E-state index is 10.5. The predicted octanol–water partition coefficient (Wildman–Crippen LogP) is 4.36. The first kappa shape index (κ1) is 22.7. The molecule has 0 unspecified atom stereocenters. The Morgan fingerprint density at radius 2 is 1.33 bits per heavy atom. The van der Waals surface area contributed by atoms with Gasteiger partial charge in [0.1, 0.15) is 0 Å². The molecule has 2 N–H and O–H groups in total. The van der Waals surface area contributed by atoms with Crippen molar-refractivity contribution in [2.75, 3.05) is 0 Å². The van der Waals surface area contributed by atoms with Gasteiger partial charge in [0.25, 0.3) is 0 Å². The van der Waals surface area contributed by atoms with Crippen molar-refractivity contribution in [2.24, 2.45) is 0 Å². The van der Waals surface area contributed by atoms with Crippen LogP contribution < -0.4 is 0 Å². The van der Waals surface area contributed by atoms with E-state index in [2.05, 4.69) is 12.8 Å². The van der Waals surface area contributed by atoms with E-state index in [1.807, 2.05) is 0 Å². The van der Waals surface area contributed by atoms with E-state index in [1.165, 1.54) is 44.9 Å². The third-order valence-corrected chi connectivity index (χ3v) is 6.12. The van der Waals surface area contributed by atoms with E-state index in [-0.39, 0.29) is 30.5 Å². The largest absolute Gasteiger partial charge is 0.390 e. The third kappa shape index (κ3) is 7.74. The van der Waals surface area contributed by atoms with Crippen LogP contribution in [0.3, 0.4) is 0 Å². The lowest BCUT2D eigenvalue weighted by molar-refractivity contribution is -0.108. The number of hydrogen-bond donors (Lipinski definition) is 2. The van der Waals surface area contributed by atoms with Gasteiger partial charge < -0.3 is 19.7 Å². The molecular formula is C23H40O4. The van der Waals surface area contributed by atoms with Crippen molar-refractivity contribution in [2.45, 2.75) is 133 Å². The summed E-state index contributed by atoms with van der Waals surface area (Å²) in [5.41, 5.74) is 0. The molecule has 2 aliphatic heterocycles. The van der Waals surface area contributed by atoms with E-state index >= 15 is 0 Å². The Hall–Kier alpha value is -0.600. The summed E-state index contributed by atoms with van der Waals surface area (Å²) >= 11 is 0. The zero-order valence-corrected chi connectivity index (χ0v) is 17.2. The van der Waals surface area contributed by atoms with Crippen molar-refractivity contribution >= 4 is 0 Å². The summed E-state index contributed by atoms with van der Waals surface area (Å²) in [7, 11) is 0. The lowest BCUT2D eigenvalue weighted by Gasteiger charge is -2.23. The minimum Gasteiger partial charge on any atom is -0.390 e. The average Bonchev–Trinajstić information content (AvgIpc) is 3.33. The molecule has 6 atom stereocenters. The number of rotatable bonds is 13. The second-order valence-electron chi connectivity index (χ2n) is 8.39. The van der Waals surface area contributed by atoms with Crippen molar-refractivity contribution in [1.82, 2.24) is 0 Å². The van der Waals surface area contributed by atoms with Crippen molar-refractivity contribution in [3.63, 3.8) is 0 Å². The standard InChI is InChI=1S/C23H40O4/c1-3-5-6-7-8-9-10-11-13-19(25)21-15-17-23(27-21)22-16-14-20(26-22)18(24)12-4-2/h2,18-25H,3,5-17H2,1H3/t18-,19+,20-,21-,22-,23-/m1/s1. The van der Waals surface area contributed by atoms with Gasteiger partial charge >= 0.3 is 0 Å².